The minimum absolute atomic E-state index is 0.205. The molecule has 0 radical (unpaired) electrons. The van der Waals surface area contributed by atoms with Crippen molar-refractivity contribution in [3.05, 3.63) is 0 Å². The third-order valence-electron chi connectivity index (χ3n) is 3.42. The molecule has 3 N–H and O–H groups in total. The highest BCUT2D eigenvalue weighted by atomic mass is 15.0. The molecule has 2 heteroatoms. The molecule has 1 saturated carbocycles. The van der Waals surface area contributed by atoms with Gasteiger partial charge in [0.1, 0.15) is 0 Å². The first-order chi connectivity index (χ1) is 6.16. The van der Waals surface area contributed by atoms with Crippen molar-refractivity contribution in [2.24, 2.45) is 11.7 Å². The highest BCUT2D eigenvalue weighted by Crippen LogP contribution is 2.39. The second kappa shape index (κ2) is 4.43. The van der Waals surface area contributed by atoms with Crippen LogP contribution in [0.1, 0.15) is 46.5 Å². The zero-order valence-corrected chi connectivity index (χ0v) is 9.27. The third-order valence-corrected chi connectivity index (χ3v) is 3.42. The molecule has 1 fully saturated rings. The summed E-state index contributed by atoms with van der Waals surface area (Å²) in [5.41, 5.74) is 6.05. The van der Waals surface area contributed by atoms with E-state index in [0.29, 0.717) is 6.04 Å². The predicted octanol–water partition coefficient (Wildman–Crippen LogP) is 1.89. The average molecular weight is 184 g/mol. The van der Waals surface area contributed by atoms with Gasteiger partial charge in [0.25, 0.3) is 0 Å². The van der Waals surface area contributed by atoms with Gasteiger partial charge in [-0.3, -0.25) is 0 Å². The summed E-state index contributed by atoms with van der Waals surface area (Å²) < 4.78 is 0. The lowest BCUT2D eigenvalue weighted by atomic mass is 9.93. The smallest absolute Gasteiger partial charge is 0.0306 e. The van der Waals surface area contributed by atoms with Crippen LogP contribution < -0.4 is 11.1 Å². The highest BCUT2D eigenvalue weighted by Gasteiger charge is 2.40. The van der Waals surface area contributed by atoms with E-state index in [1.807, 2.05) is 0 Å². The topological polar surface area (TPSA) is 38.0 Å². The Labute approximate surface area is 82.3 Å². The van der Waals surface area contributed by atoms with Crippen molar-refractivity contribution in [2.45, 2.75) is 58.0 Å². The molecule has 2 nitrogen and oxygen atoms in total. The van der Waals surface area contributed by atoms with Gasteiger partial charge in [0.2, 0.25) is 0 Å². The summed E-state index contributed by atoms with van der Waals surface area (Å²) in [6, 6.07) is 0.647. The van der Waals surface area contributed by atoms with Gasteiger partial charge in [0.15, 0.2) is 0 Å². The van der Waals surface area contributed by atoms with Crippen LogP contribution in [-0.4, -0.2) is 18.1 Å². The zero-order chi connectivity index (χ0) is 9.90. The van der Waals surface area contributed by atoms with E-state index >= 15 is 0 Å². The first-order valence-corrected chi connectivity index (χ1v) is 5.64. The van der Waals surface area contributed by atoms with E-state index in [0.717, 1.165) is 12.5 Å². The van der Waals surface area contributed by atoms with Gasteiger partial charge in [-0.15, -0.1) is 0 Å². The maximum atomic E-state index is 5.84. The lowest BCUT2D eigenvalue weighted by Crippen LogP contribution is -2.54. The summed E-state index contributed by atoms with van der Waals surface area (Å²) in [5.74, 6) is 0.832. The Kier molecular flexibility index (Phi) is 3.74. The van der Waals surface area contributed by atoms with Gasteiger partial charge in [-0.2, -0.15) is 0 Å². The number of nitrogens with one attached hydrogen (secondary N) is 1. The van der Waals surface area contributed by atoms with Gasteiger partial charge in [-0.1, -0.05) is 13.8 Å². The van der Waals surface area contributed by atoms with Crippen LogP contribution in [-0.2, 0) is 0 Å². The Morgan fingerprint density at radius 2 is 1.92 bits per heavy atom. The molecule has 0 amide bonds. The van der Waals surface area contributed by atoms with Crippen LogP contribution in [0, 0.1) is 5.92 Å². The van der Waals surface area contributed by atoms with Crippen molar-refractivity contribution >= 4 is 0 Å². The predicted molar refractivity (Wildman–Crippen MR) is 57.7 cm³/mol. The molecule has 0 spiro atoms. The van der Waals surface area contributed by atoms with Crippen LogP contribution in [0.25, 0.3) is 0 Å². The molecule has 1 unspecified atom stereocenters. The molecule has 0 saturated heterocycles. The second-order valence-electron chi connectivity index (χ2n) is 4.55. The quantitative estimate of drug-likeness (QED) is 0.661. The van der Waals surface area contributed by atoms with E-state index in [2.05, 4.69) is 26.1 Å². The van der Waals surface area contributed by atoms with Crippen LogP contribution in [0.4, 0.5) is 0 Å². The Hall–Kier alpha value is -0.0800. The largest absolute Gasteiger partial charge is 0.329 e. The third kappa shape index (κ3) is 2.68. The lowest BCUT2D eigenvalue weighted by molar-refractivity contribution is 0.270. The van der Waals surface area contributed by atoms with Gasteiger partial charge in [-0.05, 0) is 38.5 Å². The SMILES string of the molecule is CCC(CC)NC(C)(CN)C1CC1. The summed E-state index contributed by atoms with van der Waals surface area (Å²) in [7, 11) is 0. The number of hydrogen-bond acceptors (Lipinski definition) is 2. The number of rotatable bonds is 6. The standard InChI is InChI=1S/C11H24N2/c1-4-10(5-2)13-11(3,8-12)9-6-7-9/h9-10,13H,4-8,12H2,1-3H3. The lowest BCUT2D eigenvalue weighted by Gasteiger charge is -2.34. The van der Waals surface area contributed by atoms with Crippen molar-refractivity contribution in [3.8, 4) is 0 Å². The van der Waals surface area contributed by atoms with Crippen LogP contribution in [0.5, 0.6) is 0 Å². The van der Waals surface area contributed by atoms with Crippen molar-refractivity contribution in [1.82, 2.24) is 5.32 Å². The van der Waals surface area contributed by atoms with Crippen LogP contribution >= 0.6 is 0 Å². The molecule has 0 aromatic heterocycles. The van der Waals surface area contributed by atoms with E-state index in [1.54, 1.807) is 0 Å². The van der Waals surface area contributed by atoms with Gasteiger partial charge in [0.05, 0.1) is 0 Å². The molecule has 1 rings (SSSR count). The first kappa shape index (κ1) is 11.0. The number of nitrogens with two attached hydrogens (primary N) is 1. The minimum atomic E-state index is 0.205. The summed E-state index contributed by atoms with van der Waals surface area (Å²) in [6.07, 6.45) is 5.14. The van der Waals surface area contributed by atoms with Crippen molar-refractivity contribution in [1.29, 1.82) is 0 Å². The minimum Gasteiger partial charge on any atom is -0.329 e. The van der Waals surface area contributed by atoms with Gasteiger partial charge >= 0.3 is 0 Å². The monoisotopic (exact) mass is 184 g/mol. The molecule has 0 heterocycles. The Bertz CT molecular complexity index is 150. The maximum absolute atomic E-state index is 5.84. The molecular formula is C11H24N2. The molecule has 0 aliphatic heterocycles. The van der Waals surface area contributed by atoms with Crippen molar-refractivity contribution in [3.63, 3.8) is 0 Å². The molecule has 0 aromatic rings. The Morgan fingerprint density at radius 3 is 2.23 bits per heavy atom. The van der Waals surface area contributed by atoms with Gasteiger partial charge in [0, 0.05) is 18.1 Å². The van der Waals surface area contributed by atoms with Crippen molar-refractivity contribution < 1.29 is 0 Å². The molecule has 13 heavy (non-hydrogen) atoms. The zero-order valence-electron chi connectivity index (χ0n) is 9.27. The fourth-order valence-electron chi connectivity index (χ4n) is 2.02. The van der Waals surface area contributed by atoms with Crippen LogP contribution in [0.15, 0.2) is 0 Å². The van der Waals surface area contributed by atoms with Crippen molar-refractivity contribution in [2.75, 3.05) is 6.54 Å². The maximum Gasteiger partial charge on any atom is 0.0306 e. The summed E-state index contributed by atoms with van der Waals surface area (Å²) in [4.78, 5) is 0. The second-order valence-corrected chi connectivity index (χ2v) is 4.55. The van der Waals surface area contributed by atoms with Gasteiger partial charge < -0.3 is 11.1 Å². The van der Waals surface area contributed by atoms with E-state index in [4.69, 9.17) is 5.73 Å². The molecule has 1 aliphatic rings. The fraction of sp³-hybridized carbons (Fsp3) is 1.00. The normalized spacial score (nSPS) is 21.9. The van der Waals surface area contributed by atoms with Crippen LogP contribution in [0.2, 0.25) is 0 Å². The Balaban J connectivity index is 2.45. The first-order valence-electron chi connectivity index (χ1n) is 5.64. The molecule has 1 aliphatic carbocycles. The summed E-state index contributed by atoms with van der Waals surface area (Å²) in [6.45, 7) is 7.53. The molecular weight excluding hydrogens is 160 g/mol. The van der Waals surface area contributed by atoms with E-state index in [-0.39, 0.29) is 5.54 Å². The highest BCUT2D eigenvalue weighted by molar-refractivity contribution is 4.99. The van der Waals surface area contributed by atoms with E-state index in [9.17, 15) is 0 Å². The molecule has 1 atom stereocenters. The van der Waals surface area contributed by atoms with E-state index in [1.165, 1.54) is 25.7 Å². The number of hydrogen-bond donors (Lipinski definition) is 2. The van der Waals surface area contributed by atoms with Crippen LogP contribution in [0.3, 0.4) is 0 Å². The Morgan fingerprint density at radius 1 is 1.38 bits per heavy atom. The summed E-state index contributed by atoms with van der Waals surface area (Å²) in [5, 5.41) is 3.72. The molecule has 0 bridgehead atoms. The van der Waals surface area contributed by atoms with E-state index < -0.39 is 0 Å². The molecule has 0 aromatic carbocycles. The molecule has 78 valence electrons. The fourth-order valence-corrected chi connectivity index (χ4v) is 2.02. The summed E-state index contributed by atoms with van der Waals surface area (Å²) >= 11 is 0. The average Bonchev–Trinajstić information content (AvgIpc) is 2.97. The van der Waals surface area contributed by atoms with Gasteiger partial charge in [-0.25, -0.2) is 0 Å².